The molecule has 5 nitrogen and oxygen atoms in total. The number of nitrogens with zero attached hydrogens (tertiary/aromatic N) is 1. The van der Waals surface area contributed by atoms with Crippen LogP contribution in [0.25, 0.3) is 0 Å². The summed E-state index contributed by atoms with van der Waals surface area (Å²) in [6, 6.07) is 23.1. The number of sulfonamides is 1. The second-order valence-electron chi connectivity index (χ2n) is 7.15. The third kappa shape index (κ3) is 5.87. The van der Waals surface area contributed by atoms with Crippen molar-refractivity contribution in [1.82, 2.24) is 5.32 Å². The SMILES string of the molecule is Cc1c(Cl)cccc1N(CC(=O)NCCCc1ccccc1)S(=O)(=O)c1ccccc1. The predicted octanol–water partition coefficient (Wildman–Crippen LogP) is 4.59. The highest BCUT2D eigenvalue weighted by molar-refractivity contribution is 7.92. The first kappa shape index (κ1) is 22.8. The minimum atomic E-state index is -3.95. The van der Waals surface area contributed by atoms with Crippen LogP contribution in [-0.2, 0) is 21.2 Å². The molecular weight excluding hydrogens is 432 g/mol. The Morgan fingerprint density at radius 3 is 2.26 bits per heavy atom. The van der Waals surface area contributed by atoms with Gasteiger partial charge in [0.2, 0.25) is 5.91 Å². The van der Waals surface area contributed by atoms with Gasteiger partial charge in [0.25, 0.3) is 10.0 Å². The maximum Gasteiger partial charge on any atom is 0.264 e. The Labute approximate surface area is 188 Å². The van der Waals surface area contributed by atoms with E-state index in [2.05, 4.69) is 5.32 Å². The van der Waals surface area contributed by atoms with Gasteiger partial charge in [-0.05, 0) is 55.2 Å². The minimum Gasteiger partial charge on any atom is -0.355 e. The summed E-state index contributed by atoms with van der Waals surface area (Å²) in [6.07, 6.45) is 1.60. The van der Waals surface area contributed by atoms with Crippen LogP contribution in [-0.4, -0.2) is 27.4 Å². The van der Waals surface area contributed by atoms with E-state index in [1.807, 2.05) is 30.3 Å². The topological polar surface area (TPSA) is 66.5 Å². The number of anilines is 1. The molecule has 1 N–H and O–H groups in total. The van der Waals surface area contributed by atoms with Gasteiger partial charge >= 0.3 is 0 Å². The van der Waals surface area contributed by atoms with Crippen molar-refractivity contribution in [2.24, 2.45) is 0 Å². The van der Waals surface area contributed by atoms with Gasteiger partial charge in [0, 0.05) is 11.6 Å². The van der Waals surface area contributed by atoms with Crippen LogP contribution < -0.4 is 9.62 Å². The molecule has 0 spiro atoms. The number of carbonyl (C=O) groups excluding carboxylic acids is 1. The van der Waals surface area contributed by atoms with Gasteiger partial charge in [-0.3, -0.25) is 9.10 Å². The van der Waals surface area contributed by atoms with Crippen molar-refractivity contribution in [2.45, 2.75) is 24.7 Å². The first-order chi connectivity index (χ1) is 14.9. The molecule has 7 heteroatoms. The molecule has 0 aliphatic rings. The Balaban J connectivity index is 1.75. The summed E-state index contributed by atoms with van der Waals surface area (Å²) >= 11 is 6.23. The number of nitrogens with one attached hydrogen (secondary N) is 1. The van der Waals surface area contributed by atoms with Crippen LogP contribution in [0.3, 0.4) is 0 Å². The summed E-state index contributed by atoms with van der Waals surface area (Å²) in [7, 11) is -3.95. The molecule has 0 radical (unpaired) electrons. The van der Waals surface area contributed by atoms with Gasteiger partial charge in [-0.15, -0.1) is 0 Å². The highest BCUT2D eigenvalue weighted by Gasteiger charge is 2.28. The van der Waals surface area contributed by atoms with E-state index in [1.54, 1.807) is 43.3 Å². The predicted molar refractivity (Wildman–Crippen MR) is 125 cm³/mol. The summed E-state index contributed by atoms with van der Waals surface area (Å²) in [6.45, 7) is 1.87. The third-order valence-electron chi connectivity index (χ3n) is 4.93. The Morgan fingerprint density at radius 2 is 1.58 bits per heavy atom. The Kier molecular flexibility index (Phi) is 7.71. The first-order valence-corrected chi connectivity index (χ1v) is 11.8. The van der Waals surface area contributed by atoms with Gasteiger partial charge < -0.3 is 5.32 Å². The first-order valence-electron chi connectivity index (χ1n) is 10.0. The fourth-order valence-electron chi connectivity index (χ4n) is 3.24. The smallest absolute Gasteiger partial charge is 0.264 e. The van der Waals surface area contributed by atoms with E-state index in [0.29, 0.717) is 22.8 Å². The van der Waals surface area contributed by atoms with Gasteiger partial charge in [-0.25, -0.2) is 8.42 Å². The van der Waals surface area contributed by atoms with Crippen LogP contribution in [0.1, 0.15) is 17.5 Å². The second-order valence-corrected chi connectivity index (χ2v) is 9.42. The number of benzene rings is 3. The maximum absolute atomic E-state index is 13.3. The molecule has 162 valence electrons. The summed E-state index contributed by atoms with van der Waals surface area (Å²) in [5.74, 6) is -0.369. The van der Waals surface area contributed by atoms with E-state index in [1.165, 1.54) is 17.7 Å². The molecule has 0 aliphatic carbocycles. The van der Waals surface area contributed by atoms with Crippen LogP contribution in [0.2, 0.25) is 5.02 Å². The quantitative estimate of drug-likeness (QED) is 0.479. The Bertz CT molecular complexity index is 1120. The summed E-state index contributed by atoms with van der Waals surface area (Å²) in [5, 5.41) is 3.27. The molecule has 3 aromatic carbocycles. The molecule has 0 unspecified atom stereocenters. The van der Waals surface area contributed by atoms with Crippen molar-refractivity contribution >= 4 is 33.2 Å². The monoisotopic (exact) mass is 456 g/mol. The fraction of sp³-hybridized carbons (Fsp3) is 0.208. The average molecular weight is 457 g/mol. The van der Waals surface area contributed by atoms with Gasteiger partial charge in [-0.2, -0.15) is 0 Å². The van der Waals surface area contributed by atoms with E-state index in [0.717, 1.165) is 17.1 Å². The van der Waals surface area contributed by atoms with Crippen molar-refractivity contribution < 1.29 is 13.2 Å². The van der Waals surface area contributed by atoms with E-state index in [-0.39, 0.29) is 17.3 Å². The zero-order chi connectivity index (χ0) is 22.3. The molecule has 3 rings (SSSR count). The number of carbonyl (C=O) groups is 1. The molecule has 0 bridgehead atoms. The lowest BCUT2D eigenvalue weighted by Gasteiger charge is -2.26. The average Bonchev–Trinajstić information content (AvgIpc) is 2.78. The van der Waals surface area contributed by atoms with Crippen molar-refractivity contribution in [2.75, 3.05) is 17.4 Å². The van der Waals surface area contributed by atoms with E-state index < -0.39 is 10.0 Å². The molecule has 0 saturated carbocycles. The second kappa shape index (κ2) is 10.5. The number of halogens is 1. The van der Waals surface area contributed by atoms with Crippen molar-refractivity contribution in [3.8, 4) is 0 Å². The number of hydrogen-bond acceptors (Lipinski definition) is 3. The minimum absolute atomic E-state index is 0.117. The Morgan fingerprint density at radius 1 is 0.935 bits per heavy atom. The van der Waals surface area contributed by atoms with Crippen LogP contribution in [0.5, 0.6) is 0 Å². The lowest BCUT2D eigenvalue weighted by atomic mass is 10.1. The lowest BCUT2D eigenvalue weighted by Crippen LogP contribution is -2.41. The largest absolute Gasteiger partial charge is 0.355 e. The molecule has 3 aromatic rings. The van der Waals surface area contributed by atoms with Gasteiger partial charge in [0.1, 0.15) is 6.54 Å². The standard InChI is InChI=1S/C24H25ClN2O3S/c1-19-22(25)15-8-16-23(19)27(31(29,30)21-13-6-3-7-14-21)18-24(28)26-17-9-12-20-10-4-2-5-11-20/h2-8,10-11,13-16H,9,12,17-18H2,1H3,(H,26,28). The van der Waals surface area contributed by atoms with Crippen molar-refractivity contribution in [1.29, 1.82) is 0 Å². The highest BCUT2D eigenvalue weighted by atomic mass is 35.5. The van der Waals surface area contributed by atoms with Crippen LogP contribution in [0.4, 0.5) is 5.69 Å². The number of aryl methyl sites for hydroxylation is 1. The molecule has 0 aromatic heterocycles. The van der Waals surface area contributed by atoms with Gasteiger partial charge in [0.15, 0.2) is 0 Å². The third-order valence-corrected chi connectivity index (χ3v) is 7.12. The molecule has 31 heavy (non-hydrogen) atoms. The number of hydrogen-bond donors (Lipinski definition) is 1. The van der Waals surface area contributed by atoms with E-state index >= 15 is 0 Å². The van der Waals surface area contributed by atoms with Crippen LogP contribution in [0, 0.1) is 6.92 Å². The zero-order valence-electron chi connectivity index (χ0n) is 17.3. The lowest BCUT2D eigenvalue weighted by molar-refractivity contribution is -0.119. The van der Waals surface area contributed by atoms with Gasteiger partial charge in [-0.1, -0.05) is 66.2 Å². The zero-order valence-corrected chi connectivity index (χ0v) is 18.9. The fourth-order valence-corrected chi connectivity index (χ4v) is 4.91. The van der Waals surface area contributed by atoms with Crippen LogP contribution >= 0.6 is 11.6 Å². The van der Waals surface area contributed by atoms with E-state index in [4.69, 9.17) is 11.6 Å². The highest BCUT2D eigenvalue weighted by Crippen LogP contribution is 2.30. The van der Waals surface area contributed by atoms with Crippen LogP contribution in [0.15, 0.2) is 83.8 Å². The summed E-state index contributed by atoms with van der Waals surface area (Å²) in [4.78, 5) is 12.8. The number of amides is 1. The summed E-state index contributed by atoms with van der Waals surface area (Å²) in [5.41, 5.74) is 2.18. The normalized spacial score (nSPS) is 11.2. The molecular formula is C24H25ClN2O3S. The molecule has 0 aliphatic heterocycles. The summed E-state index contributed by atoms with van der Waals surface area (Å²) < 4.78 is 27.8. The van der Waals surface area contributed by atoms with Crippen molar-refractivity contribution in [3.05, 3.63) is 95.0 Å². The number of rotatable bonds is 9. The molecule has 0 fully saturated rings. The van der Waals surface area contributed by atoms with E-state index in [9.17, 15) is 13.2 Å². The van der Waals surface area contributed by atoms with Gasteiger partial charge in [0.05, 0.1) is 10.6 Å². The molecule has 1 amide bonds. The van der Waals surface area contributed by atoms with Crippen molar-refractivity contribution in [3.63, 3.8) is 0 Å². The Hall–Kier alpha value is -2.83. The molecule has 0 saturated heterocycles. The molecule has 0 atom stereocenters. The molecule has 0 heterocycles. The maximum atomic E-state index is 13.3.